The summed E-state index contributed by atoms with van der Waals surface area (Å²) in [7, 11) is 0. The molecule has 1 aliphatic rings. The van der Waals surface area contributed by atoms with Crippen LogP contribution in [0.5, 0.6) is 0 Å². The number of benzene rings is 1. The van der Waals surface area contributed by atoms with Crippen molar-refractivity contribution in [3.63, 3.8) is 0 Å². The minimum Gasteiger partial charge on any atom is -0.457 e. The molecular weight excluding hydrogens is 262 g/mol. The van der Waals surface area contributed by atoms with Crippen LogP contribution in [0.15, 0.2) is 24.3 Å². The SMILES string of the molecule is CCC(CCN)CCC(=O)OC1CCCc2ccccc21. The van der Waals surface area contributed by atoms with Gasteiger partial charge in [-0.1, -0.05) is 37.6 Å². The molecule has 2 atom stereocenters. The summed E-state index contributed by atoms with van der Waals surface area (Å²) in [6.45, 7) is 2.85. The number of carbonyl (C=O) groups is 1. The molecule has 2 unspecified atom stereocenters. The molecule has 2 rings (SSSR count). The third-order valence-corrected chi connectivity index (χ3v) is 4.50. The van der Waals surface area contributed by atoms with Gasteiger partial charge in [-0.3, -0.25) is 4.79 Å². The Hall–Kier alpha value is -1.35. The Morgan fingerprint density at radius 1 is 1.38 bits per heavy atom. The molecule has 0 aliphatic heterocycles. The van der Waals surface area contributed by atoms with Crippen LogP contribution >= 0.6 is 0 Å². The summed E-state index contributed by atoms with van der Waals surface area (Å²) in [5.74, 6) is 0.480. The Morgan fingerprint density at radius 2 is 2.19 bits per heavy atom. The summed E-state index contributed by atoms with van der Waals surface area (Å²) in [5.41, 5.74) is 8.13. The fraction of sp³-hybridized carbons (Fsp3) is 0.611. The minimum atomic E-state index is -0.0628. The van der Waals surface area contributed by atoms with Gasteiger partial charge in [-0.15, -0.1) is 0 Å². The number of fused-ring (bicyclic) bond motifs is 1. The maximum Gasteiger partial charge on any atom is 0.306 e. The molecule has 21 heavy (non-hydrogen) atoms. The van der Waals surface area contributed by atoms with Gasteiger partial charge in [0.05, 0.1) is 0 Å². The first-order valence-electron chi connectivity index (χ1n) is 8.22. The fourth-order valence-corrected chi connectivity index (χ4v) is 3.16. The molecule has 0 bridgehead atoms. The summed E-state index contributed by atoms with van der Waals surface area (Å²) in [4.78, 5) is 12.1. The lowest BCUT2D eigenvalue weighted by Crippen LogP contribution is -2.17. The Morgan fingerprint density at radius 3 is 2.95 bits per heavy atom. The predicted molar refractivity (Wildman–Crippen MR) is 84.9 cm³/mol. The normalized spacial score (nSPS) is 18.9. The average molecular weight is 289 g/mol. The van der Waals surface area contributed by atoms with Crippen LogP contribution in [0.4, 0.5) is 0 Å². The van der Waals surface area contributed by atoms with Crippen LogP contribution in [0.2, 0.25) is 0 Å². The Balaban J connectivity index is 1.86. The van der Waals surface area contributed by atoms with Crippen LogP contribution in [-0.4, -0.2) is 12.5 Å². The average Bonchev–Trinajstić information content (AvgIpc) is 2.52. The first-order chi connectivity index (χ1) is 10.2. The van der Waals surface area contributed by atoms with Crippen LogP contribution in [-0.2, 0) is 16.0 Å². The molecule has 0 saturated heterocycles. The van der Waals surface area contributed by atoms with Crippen molar-refractivity contribution in [1.82, 2.24) is 0 Å². The third-order valence-electron chi connectivity index (χ3n) is 4.50. The van der Waals surface area contributed by atoms with Crippen molar-refractivity contribution in [3.8, 4) is 0 Å². The van der Waals surface area contributed by atoms with E-state index in [1.165, 1.54) is 11.1 Å². The van der Waals surface area contributed by atoms with Crippen molar-refractivity contribution in [2.75, 3.05) is 6.54 Å². The molecule has 0 aromatic heterocycles. The van der Waals surface area contributed by atoms with Gasteiger partial charge in [0.2, 0.25) is 0 Å². The highest BCUT2D eigenvalue weighted by molar-refractivity contribution is 5.69. The van der Waals surface area contributed by atoms with Gasteiger partial charge in [-0.2, -0.15) is 0 Å². The molecule has 0 heterocycles. The van der Waals surface area contributed by atoms with Gasteiger partial charge in [0.15, 0.2) is 0 Å². The van der Waals surface area contributed by atoms with Gasteiger partial charge >= 0.3 is 5.97 Å². The minimum absolute atomic E-state index is 0.0444. The number of rotatable bonds is 7. The van der Waals surface area contributed by atoms with E-state index >= 15 is 0 Å². The van der Waals surface area contributed by atoms with Gasteiger partial charge in [0.25, 0.3) is 0 Å². The van der Waals surface area contributed by atoms with E-state index in [-0.39, 0.29) is 12.1 Å². The second-order valence-corrected chi connectivity index (χ2v) is 5.96. The van der Waals surface area contributed by atoms with Crippen LogP contribution in [0.25, 0.3) is 0 Å². The van der Waals surface area contributed by atoms with Crippen molar-refractivity contribution < 1.29 is 9.53 Å². The van der Waals surface area contributed by atoms with Crippen molar-refractivity contribution in [2.45, 2.75) is 58.0 Å². The fourth-order valence-electron chi connectivity index (χ4n) is 3.16. The van der Waals surface area contributed by atoms with E-state index in [1.54, 1.807) is 0 Å². The highest BCUT2D eigenvalue weighted by atomic mass is 16.5. The zero-order valence-corrected chi connectivity index (χ0v) is 13.0. The van der Waals surface area contributed by atoms with Gasteiger partial charge in [-0.25, -0.2) is 0 Å². The first kappa shape index (κ1) is 16.0. The van der Waals surface area contributed by atoms with E-state index in [2.05, 4.69) is 25.1 Å². The number of carbonyl (C=O) groups excluding carboxylic acids is 1. The molecular formula is C18H27NO2. The Labute approximate surface area is 127 Å². The molecule has 1 aromatic carbocycles. The summed E-state index contributed by atoms with van der Waals surface area (Å²) in [6, 6.07) is 8.32. The van der Waals surface area contributed by atoms with Crippen molar-refractivity contribution >= 4 is 5.97 Å². The molecule has 0 amide bonds. The quantitative estimate of drug-likeness (QED) is 0.777. The highest BCUT2D eigenvalue weighted by Crippen LogP contribution is 2.32. The maximum atomic E-state index is 12.1. The number of nitrogens with two attached hydrogens (primary N) is 1. The number of hydrogen-bond donors (Lipinski definition) is 1. The molecule has 0 spiro atoms. The summed E-state index contributed by atoms with van der Waals surface area (Å²) >= 11 is 0. The Kier molecular flexibility index (Phi) is 6.24. The van der Waals surface area contributed by atoms with E-state index in [4.69, 9.17) is 10.5 Å². The molecule has 1 aromatic rings. The number of esters is 1. The van der Waals surface area contributed by atoms with Gasteiger partial charge in [0.1, 0.15) is 6.10 Å². The van der Waals surface area contributed by atoms with E-state index in [9.17, 15) is 4.79 Å². The molecule has 116 valence electrons. The zero-order chi connectivity index (χ0) is 15.1. The van der Waals surface area contributed by atoms with Crippen LogP contribution in [0, 0.1) is 5.92 Å². The van der Waals surface area contributed by atoms with Gasteiger partial charge in [-0.05, 0) is 55.7 Å². The molecule has 3 nitrogen and oxygen atoms in total. The van der Waals surface area contributed by atoms with Crippen LogP contribution in [0.3, 0.4) is 0 Å². The zero-order valence-electron chi connectivity index (χ0n) is 13.0. The molecule has 0 saturated carbocycles. The van der Waals surface area contributed by atoms with Crippen molar-refractivity contribution in [2.24, 2.45) is 11.7 Å². The monoisotopic (exact) mass is 289 g/mol. The largest absolute Gasteiger partial charge is 0.457 e. The number of hydrogen-bond acceptors (Lipinski definition) is 3. The van der Waals surface area contributed by atoms with Crippen LogP contribution < -0.4 is 5.73 Å². The van der Waals surface area contributed by atoms with Crippen molar-refractivity contribution in [3.05, 3.63) is 35.4 Å². The smallest absolute Gasteiger partial charge is 0.306 e. The standard InChI is InChI=1S/C18H27NO2/c1-2-14(12-13-19)10-11-18(20)21-17-9-5-7-15-6-3-4-8-16(15)17/h3-4,6,8,14,17H,2,5,7,9-13,19H2,1H3. The third kappa shape index (κ3) is 4.57. The molecule has 2 N–H and O–H groups in total. The molecule has 1 aliphatic carbocycles. The van der Waals surface area contributed by atoms with E-state index in [0.717, 1.165) is 38.5 Å². The lowest BCUT2D eigenvalue weighted by atomic mass is 9.89. The topological polar surface area (TPSA) is 52.3 Å². The Bertz CT molecular complexity index is 458. The molecule has 0 fully saturated rings. The van der Waals surface area contributed by atoms with Crippen molar-refractivity contribution in [1.29, 1.82) is 0 Å². The first-order valence-corrected chi connectivity index (χ1v) is 8.22. The van der Waals surface area contributed by atoms with Gasteiger partial charge < -0.3 is 10.5 Å². The highest BCUT2D eigenvalue weighted by Gasteiger charge is 2.23. The molecule has 3 heteroatoms. The second-order valence-electron chi connectivity index (χ2n) is 5.96. The maximum absolute atomic E-state index is 12.1. The summed E-state index contributed by atoms with van der Waals surface area (Å²) in [5, 5.41) is 0. The summed E-state index contributed by atoms with van der Waals surface area (Å²) < 4.78 is 5.72. The van der Waals surface area contributed by atoms with Crippen LogP contribution in [0.1, 0.15) is 62.7 Å². The number of ether oxygens (including phenoxy) is 1. The van der Waals surface area contributed by atoms with E-state index < -0.39 is 0 Å². The van der Waals surface area contributed by atoms with E-state index in [0.29, 0.717) is 18.9 Å². The lowest BCUT2D eigenvalue weighted by molar-refractivity contribution is -0.150. The molecule has 0 radical (unpaired) electrons. The summed E-state index contributed by atoms with van der Waals surface area (Å²) in [6.07, 6.45) is 6.57. The predicted octanol–water partition coefficient (Wildman–Crippen LogP) is 3.76. The lowest BCUT2D eigenvalue weighted by Gasteiger charge is -2.25. The van der Waals surface area contributed by atoms with E-state index in [1.807, 2.05) is 6.07 Å². The number of aryl methyl sites for hydroxylation is 1. The van der Waals surface area contributed by atoms with Gasteiger partial charge in [0, 0.05) is 6.42 Å². The second kappa shape index (κ2) is 8.18.